The van der Waals surface area contributed by atoms with E-state index in [9.17, 15) is 0 Å². The Bertz CT molecular complexity index is 443. The Kier molecular flexibility index (Phi) is 2.73. The lowest BCUT2D eigenvalue weighted by Crippen LogP contribution is -2.03. The predicted octanol–water partition coefficient (Wildman–Crippen LogP) is 1.92. The van der Waals surface area contributed by atoms with Gasteiger partial charge in [-0.05, 0) is 12.1 Å². The highest BCUT2D eigenvalue weighted by Gasteiger charge is 2.03. The molecule has 2 aromatic rings. The van der Waals surface area contributed by atoms with Gasteiger partial charge in [0.05, 0.1) is 22.9 Å². The van der Waals surface area contributed by atoms with E-state index in [2.05, 4.69) is 20.0 Å². The molecule has 0 saturated carbocycles. The number of nitrogens with zero attached hydrogens (tertiary/aromatic N) is 2. The van der Waals surface area contributed by atoms with Crippen molar-refractivity contribution in [3.63, 3.8) is 0 Å². The lowest BCUT2D eigenvalue weighted by Gasteiger charge is -2.07. The molecule has 78 valence electrons. The smallest absolute Gasteiger partial charge is 0.213 e. The van der Waals surface area contributed by atoms with Gasteiger partial charge >= 0.3 is 0 Å². The maximum atomic E-state index is 5.86. The Labute approximate surface area is 91.2 Å². The molecular weight excluding hydrogens is 216 g/mol. The average molecular weight is 225 g/mol. The van der Waals surface area contributed by atoms with Crippen LogP contribution in [0.4, 0.5) is 11.4 Å². The summed E-state index contributed by atoms with van der Waals surface area (Å²) in [6, 6.07) is 5.38. The number of hydrogen-bond donors (Lipinski definition) is 2. The number of aromatic nitrogens is 2. The van der Waals surface area contributed by atoms with Gasteiger partial charge in [-0.3, -0.25) is 0 Å². The van der Waals surface area contributed by atoms with Crippen molar-refractivity contribution in [2.45, 2.75) is 6.54 Å². The molecule has 3 N–H and O–H groups in total. The number of halogens is 1. The quantitative estimate of drug-likeness (QED) is 0.779. The molecule has 0 amide bonds. The lowest BCUT2D eigenvalue weighted by atomic mass is 10.2. The zero-order valence-electron chi connectivity index (χ0n) is 7.77. The van der Waals surface area contributed by atoms with Crippen LogP contribution in [0.15, 0.2) is 29.1 Å². The summed E-state index contributed by atoms with van der Waals surface area (Å²) < 4.78 is 4.60. The highest BCUT2D eigenvalue weighted by molar-refractivity contribution is 6.33. The third kappa shape index (κ3) is 2.19. The van der Waals surface area contributed by atoms with Crippen LogP contribution in [0.5, 0.6) is 0 Å². The standard InChI is InChI=1S/C9H9ClN4O/c10-6-2-1-3-7(9(6)11)12-4-8-13-5-15-14-8/h1-3,5,12H,4,11H2. The SMILES string of the molecule is Nc1c(Cl)cccc1NCc1ncon1. The monoisotopic (exact) mass is 224 g/mol. The molecule has 0 radical (unpaired) electrons. The molecule has 0 atom stereocenters. The Morgan fingerprint density at radius 3 is 3.07 bits per heavy atom. The largest absolute Gasteiger partial charge is 0.396 e. The Balaban J connectivity index is 2.08. The summed E-state index contributed by atoms with van der Waals surface area (Å²) in [7, 11) is 0. The average Bonchev–Trinajstić information content (AvgIpc) is 2.73. The first-order chi connectivity index (χ1) is 7.27. The molecule has 0 unspecified atom stereocenters. The number of anilines is 2. The van der Waals surface area contributed by atoms with Crippen molar-refractivity contribution in [2.75, 3.05) is 11.1 Å². The van der Waals surface area contributed by atoms with E-state index in [0.29, 0.717) is 23.1 Å². The van der Waals surface area contributed by atoms with Crippen LogP contribution in [0.3, 0.4) is 0 Å². The predicted molar refractivity (Wildman–Crippen MR) is 57.5 cm³/mol. The van der Waals surface area contributed by atoms with Crippen LogP contribution in [0, 0.1) is 0 Å². The third-order valence-electron chi connectivity index (χ3n) is 1.90. The summed E-state index contributed by atoms with van der Waals surface area (Å²) in [5.74, 6) is 0.564. The van der Waals surface area contributed by atoms with Gasteiger partial charge in [-0.15, -0.1) is 0 Å². The van der Waals surface area contributed by atoms with Gasteiger partial charge in [0, 0.05) is 0 Å². The van der Waals surface area contributed by atoms with E-state index in [0.717, 1.165) is 5.69 Å². The maximum Gasteiger partial charge on any atom is 0.213 e. The molecule has 0 aliphatic carbocycles. The van der Waals surface area contributed by atoms with Crippen molar-refractivity contribution < 1.29 is 4.52 Å². The number of nitrogen functional groups attached to an aromatic ring is 1. The third-order valence-corrected chi connectivity index (χ3v) is 2.23. The number of hydrogen-bond acceptors (Lipinski definition) is 5. The molecule has 6 heteroatoms. The fourth-order valence-corrected chi connectivity index (χ4v) is 1.31. The van der Waals surface area contributed by atoms with E-state index in [1.807, 2.05) is 12.1 Å². The molecule has 15 heavy (non-hydrogen) atoms. The molecule has 1 aromatic heterocycles. The van der Waals surface area contributed by atoms with E-state index < -0.39 is 0 Å². The number of nitrogens with one attached hydrogen (secondary N) is 1. The van der Waals surface area contributed by atoms with Gasteiger partial charge < -0.3 is 15.6 Å². The number of nitrogens with two attached hydrogens (primary N) is 1. The normalized spacial score (nSPS) is 10.2. The van der Waals surface area contributed by atoms with Crippen LogP contribution in [0.25, 0.3) is 0 Å². The van der Waals surface area contributed by atoms with Crippen molar-refractivity contribution in [3.8, 4) is 0 Å². The summed E-state index contributed by atoms with van der Waals surface area (Å²) in [5.41, 5.74) is 7.04. The molecule has 5 nitrogen and oxygen atoms in total. The van der Waals surface area contributed by atoms with Crippen LogP contribution >= 0.6 is 11.6 Å². The lowest BCUT2D eigenvalue weighted by molar-refractivity contribution is 0.411. The first-order valence-corrected chi connectivity index (χ1v) is 4.68. The Morgan fingerprint density at radius 1 is 1.47 bits per heavy atom. The highest BCUT2D eigenvalue weighted by atomic mass is 35.5. The molecule has 1 heterocycles. The first kappa shape index (κ1) is 9.79. The highest BCUT2D eigenvalue weighted by Crippen LogP contribution is 2.26. The molecule has 0 aliphatic rings. The van der Waals surface area contributed by atoms with Crippen LogP contribution in [-0.4, -0.2) is 10.1 Å². The minimum absolute atomic E-state index is 0.445. The van der Waals surface area contributed by atoms with Crippen LogP contribution < -0.4 is 11.1 Å². The minimum Gasteiger partial charge on any atom is -0.396 e. The zero-order valence-corrected chi connectivity index (χ0v) is 8.53. The maximum absolute atomic E-state index is 5.86. The summed E-state index contributed by atoms with van der Waals surface area (Å²) in [6.07, 6.45) is 1.28. The van der Waals surface area contributed by atoms with Gasteiger partial charge in [0.1, 0.15) is 0 Å². The molecule has 0 saturated heterocycles. The zero-order chi connectivity index (χ0) is 10.7. The van der Waals surface area contributed by atoms with Crippen molar-refractivity contribution in [1.82, 2.24) is 10.1 Å². The first-order valence-electron chi connectivity index (χ1n) is 4.30. The summed E-state index contributed by atoms with van der Waals surface area (Å²) in [6.45, 7) is 0.445. The second kappa shape index (κ2) is 4.18. The topological polar surface area (TPSA) is 77.0 Å². The minimum atomic E-state index is 0.445. The van der Waals surface area contributed by atoms with Gasteiger partial charge in [-0.1, -0.05) is 22.8 Å². The van der Waals surface area contributed by atoms with E-state index in [-0.39, 0.29) is 0 Å². The second-order valence-corrected chi connectivity index (χ2v) is 3.31. The molecular formula is C9H9ClN4O. The van der Waals surface area contributed by atoms with Crippen molar-refractivity contribution in [3.05, 3.63) is 35.4 Å². The van der Waals surface area contributed by atoms with Crippen LogP contribution in [-0.2, 0) is 6.54 Å². The molecule has 0 spiro atoms. The second-order valence-electron chi connectivity index (χ2n) is 2.90. The van der Waals surface area contributed by atoms with Gasteiger partial charge in [0.2, 0.25) is 6.39 Å². The Hall–Kier alpha value is -1.75. The van der Waals surface area contributed by atoms with Crippen molar-refractivity contribution in [2.24, 2.45) is 0 Å². The van der Waals surface area contributed by atoms with Crippen molar-refractivity contribution >= 4 is 23.0 Å². The summed E-state index contributed by atoms with van der Waals surface area (Å²) in [5, 5.41) is 7.24. The van der Waals surface area contributed by atoms with E-state index in [1.165, 1.54) is 6.39 Å². The molecule has 0 fully saturated rings. The summed E-state index contributed by atoms with van der Waals surface area (Å²) >= 11 is 5.86. The van der Waals surface area contributed by atoms with Crippen LogP contribution in [0.2, 0.25) is 5.02 Å². The summed E-state index contributed by atoms with van der Waals surface area (Å²) in [4.78, 5) is 3.87. The fraction of sp³-hybridized carbons (Fsp3) is 0.111. The molecule has 0 bridgehead atoms. The van der Waals surface area contributed by atoms with Gasteiger partial charge in [-0.2, -0.15) is 4.98 Å². The molecule has 0 aliphatic heterocycles. The molecule has 1 aromatic carbocycles. The van der Waals surface area contributed by atoms with Gasteiger partial charge in [0.25, 0.3) is 0 Å². The van der Waals surface area contributed by atoms with Gasteiger partial charge in [0.15, 0.2) is 5.82 Å². The van der Waals surface area contributed by atoms with Gasteiger partial charge in [-0.25, -0.2) is 0 Å². The number of rotatable bonds is 3. The van der Waals surface area contributed by atoms with E-state index in [1.54, 1.807) is 6.07 Å². The van der Waals surface area contributed by atoms with Crippen molar-refractivity contribution in [1.29, 1.82) is 0 Å². The van der Waals surface area contributed by atoms with Crippen LogP contribution in [0.1, 0.15) is 5.82 Å². The van der Waals surface area contributed by atoms with E-state index >= 15 is 0 Å². The molecule has 2 rings (SSSR count). The fourth-order valence-electron chi connectivity index (χ4n) is 1.14. The number of para-hydroxylation sites is 1. The number of benzene rings is 1. The Morgan fingerprint density at radius 2 is 2.33 bits per heavy atom. The van der Waals surface area contributed by atoms with E-state index in [4.69, 9.17) is 17.3 Å².